The van der Waals surface area contributed by atoms with Crippen molar-refractivity contribution in [2.75, 3.05) is 4.90 Å². The van der Waals surface area contributed by atoms with Crippen LogP contribution in [0.15, 0.2) is 65.6 Å². The number of anilines is 2. The standard InChI is InChI=1S/C21H13ClF2N4O2/c1-12(29)28(18-7-6-15(24)10-16(18)22)21-19(17-8-9-25-11-26-17)20(27-30-21)13-2-4-14(23)5-3-13/h2-11H,1H3. The number of amides is 1. The first-order valence-corrected chi connectivity index (χ1v) is 9.11. The summed E-state index contributed by atoms with van der Waals surface area (Å²) < 4.78 is 32.5. The SMILES string of the molecule is CC(=O)N(c1ccc(F)cc1Cl)c1onc(-c2ccc(F)cc2)c1-c1ccncn1. The third kappa shape index (κ3) is 3.65. The molecular formula is C21H13ClF2N4O2. The van der Waals surface area contributed by atoms with Gasteiger partial charge in [0.25, 0.3) is 0 Å². The number of hydrogen-bond donors (Lipinski definition) is 0. The van der Waals surface area contributed by atoms with E-state index in [1.807, 2.05) is 0 Å². The Balaban J connectivity index is 1.96. The molecule has 0 atom stereocenters. The number of carbonyl (C=O) groups excluding carboxylic acids is 1. The summed E-state index contributed by atoms with van der Waals surface area (Å²) in [5.41, 5.74) is 1.90. The summed E-state index contributed by atoms with van der Waals surface area (Å²) in [6.45, 7) is 1.31. The van der Waals surface area contributed by atoms with Crippen molar-refractivity contribution in [1.82, 2.24) is 15.1 Å². The van der Waals surface area contributed by atoms with E-state index in [4.69, 9.17) is 16.1 Å². The fraction of sp³-hybridized carbons (Fsp3) is 0.0476. The zero-order chi connectivity index (χ0) is 21.3. The summed E-state index contributed by atoms with van der Waals surface area (Å²) >= 11 is 6.19. The van der Waals surface area contributed by atoms with E-state index < -0.39 is 17.5 Å². The second-order valence-electron chi connectivity index (χ2n) is 6.26. The van der Waals surface area contributed by atoms with Crippen LogP contribution in [-0.2, 0) is 4.79 Å². The molecule has 2 heterocycles. The van der Waals surface area contributed by atoms with Gasteiger partial charge in [0.05, 0.1) is 22.0 Å². The Morgan fingerprint density at radius 1 is 1.07 bits per heavy atom. The number of carbonyl (C=O) groups is 1. The van der Waals surface area contributed by atoms with Gasteiger partial charge in [-0.1, -0.05) is 16.8 Å². The lowest BCUT2D eigenvalue weighted by molar-refractivity contribution is -0.116. The minimum atomic E-state index is -0.548. The van der Waals surface area contributed by atoms with Crippen LogP contribution in [0.3, 0.4) is 0 Å². The van der Waals surface area contributed by atoms with Crippen LogP contribution in [0.1, 0.15) is 6.92 Å². The quantitative estimate of drug-likeness (QED) is 0.436. The normalized spacial score (nSPS) is 10.8. The van der Waals surface area contributed by atoms with Crippen LogP contribution in [0.25, 0.3) is 22.5 Å². The molecule has 0 saturated carbocycles. The maximum absolute atomic E-state index is 13.5. The van der Waals surface area contributed by atoms with Gasteiger partial charge in [-0.05, 0) is 48.5 Å². The van der Waals surface area contributed by atoms with Gasteiger partial charge in [-0.15, -0.1) is 0 Å². The largest absolute Gasteiger partial charge is 0.336 e. The predicted molar refractivity (Wildman–Crippen MR) is 107 cm³/mol. The van der Waals surface area contributed by atoms with Gasteiger partial charge in [0.1, 0.15) is 23.7 Å². The molecule has 0 aliphatic carbocycles. The Bertz CT molecular complexity index is 1210. The van der Waals surface area contributed by atoms with Crippen LogP contribution in [-0.4, -0.2) is 21.0 Å². The molecule has 0 N–H and O–H groups in total. The van der Waals surface area contributed by atoms with Crippen LogP contribution in [0, 0.1) is 11.6 Å². The number of halogens is 3. The molecule has 0 saturated heterocycles. The Morgan fingerprint density at radius 3 is 2.43 bits per heavy atom. The molecule has 30 heavy (non-hydrogen) atoms. The van der Waals surface area contributed by atoms with Crippen LogP contribution in [0.4, 0.5) is 20.4 Å². The molecule has 0 spiro atoms. The first-order chi connectivity index (χ1) is 14.5. The molecule has 0 aliphatic heterocycles. The zero-order valence-corrected chi connectivity index (χ0v) is 16.3. The summed E-state index contributed by atoms with van der Waals surface area (Å²) in [5.74, 6) is -1.36. The molecule has 1 amide bonds. The average Bonchev–Trinajstić information content (AvgIpc) is 3.15. The summed E-state index contributed by atoms with van der Waals surface area (Å²) in [6.07, 6.45) is 2.86. The van der Waals surface area contributed by atoms with Gasteiger partial charge in [0.15, 0.2) is 0 Å². The molecule has 4 aromatic rings. The average molecular weight is 427 g/mol. The van der Waals surface area contributed by atoms with Crippen molar-refractivity contribution in [3.63, 3.8) is 0 Å². The molecule has 0 aliphatic rings. The highest BCUT2D eigenvalue weighted by molar-refractivity contribution is 6.34. The lowest BCUT2D eigenvalue weighted by atomic mass is 10.0. The van der Waals surface area contributed by atoms with Crippen molar-refractivity contribution in [3.8, 4) is 22.5 Å². The summed E-state index contributed by atoms with van der Waals surface area (Å²) in [5, 5.41) is 4.11. The van der Waals surface area contributed by atoms with E-state index in [9.17, 15) is 13.6 Å². The van der Waals surface area contributed by atoms with Gasteiger partial charge in [0.2, 0.25) is 11.8 Å². The summed E-state index contributed by atoms with van der Waals surface area (Å²) in [7, 11) is 0. The summed E-state index contributed by atoms with van der Waals surface area (Å²) in [6, 6.07) is 10.9. The minimum Gasteiger partial charge on any atom is -0.336 e. The van der Waals surface area contributed by atoms with E-state index in [2.05, 4.69) is 15.1 Å². The van der Waals surface area contributed by atoms with E-state index >= 15 is 0 Å². The van der Waals surface area contributed by atoms with Crippen molar-refractivity contribution < 1.29 is 18.1 Å². The molecule has 6 nitrogen and oxygen atoms in total. The first kappa shape index (κ1) is 19.7. The fourth-order valence-electron chi connectivity index (χ4n) is 2.99. The minimum absolute atomic E-state index is 0.0126. The molecule has 9 heteroatoms. The lowest BCUT2D eigenvalue weighted by Crippen LogP contribution is -2.23. The molecule has 150 valence electrons. The second-order valence-corrected chi connectivity index (χ2v) is 6.67. The number of benzene rings is 2. The van der Waals surface area contributed by atoms with Crippen molar-refractivity contribution in [1.29, 1.82) is 0 Å². The lowest BCUT2D eigenvalue weighted by Gasteiger charge is -2.20. The van der Waals surface area contributed by atoms with Crippen molar-refractivity contribution in [3.05, 3.63) is 77.7 Å². The Kier molecular flexibility index (Phi) is 5.24. The maximum atomic E-state index is 13.5. The first-order valence-electron chi connectivity index (χ1n) is 8.73. The van der Waals surface area contributed by atoms with E-state index in [1.54, 1.807) is 6.07 Å². The third-order valence-electron chi connectivity index (χ3n) is 4.30. The highest BCUT2D eigenvalue weighted by Crippen LogP contribution is 2.43. The molecule has 0 radical (unpaired) electrons. The van der Waals surface area contributed by atoms with Gasteiger partial charge in [0, 0.05) is 18.7 Å². The van der Waals surface area contributed by atoms with Gasteiger partial charge >= 0.3 is 0 Å². The molecular weight excluding hydrogens is 414 g/mol. The maximum Gasteiger partial charge on any atom is 0.248 e. The van der Waals surface area contributed by atoms with Crippen LogP contribution >= 0.6 is 11.6 Å². The van der Waals surface area contributed by atoms with Gasteiger partial charge in [-0.3, -0.25) is 4.79 Å². The van der Waals surface area contributed by atoms with Crippen LogP contribution in [0.2, 0.25) is 5.02 Å². The fourth-order valence-corrected chi connectivity index (χ4v) is 3.24. The number of aromatic nitrogens is 3. The summed E-state index contributed by atoms with van der Waals surface area (Å²) in [4.78, 5) is 21.9. The highest BCUT2D eigenvalue weighted by atomic mass is 35.5. The van der Waals surface area contributed by atoms with Crippen molar-refractivity contribution >= 4 is 29.1 Å². The molecule has 0 unspecified atom stereocenters. The van der Waals surface area contributed by atoms with Gasteiger partial charge in [-0.2, -0.15) is 0 Å². The number of hydrogen-bond acceptors (Lipinski definition) is 5. The molecule has 0 fully saturated rings. The van der Waals surface area contributed by atoms with Crippen molar-refractivity contribution in [2.45, 2.75) is 6.92 Å². The van der Waals surface area contributed by atoms with Crippen LogP contribution in [0.5, 0.6) is 0 Å². The third-order valence-corrected chi connectivity index (χ3v) is 4.60. The predicted octanol–water partition coefficient (Wildman–Crippen LogP) is 5.41. The smallest absolute Gasteiger partial charge is 0.248 e. The number of rotatable bonds is 4. The molecule has 4 rings (SSSR count). The topological polar surface area (TPSA) is 72.1 Å². The van der Waals surface area contributed by atoms with Gasteiger partial charge < -0.3 is 4.52 Å². The highest BCUT2D eigenvalue weighted by Gasteiger charge is 2.29. The number of nitrogens with zero attached hydrogens (tertiary/aromatic N) is 4. The van der Waals surface area contributed by atoms with Crippen molar-refractivity contribution in [2.24, 2.45) is 0 Å². The molecule has 0 bridgehead atoms. The zero-order valence-electron chi connectivity index (χ0n) is 15.5. The van der Waals surface area contributed by atoms with E-state index in [0.29, 0.717) is 22.5 Å². The second kappa shape index (κ2) is 8.00. The molecule has 2 aromatic carbocycles. The Hall–Kier alpha value is -3.65. The monoisotopic (exact) mass is 426 g/mol. The Labute approximate surface area is 174 Å². The molecule has 2 aromatic heterocycles. The van der Waals surface area contributed by atoms with E-state index in [1.165, 1.54) is 60.7 Å². The van der Waals surface area contributed by atoms with Crippen LogP contribution < -0.4 is 4.90 Å². The Morgan fingerprint density at radius 2 is 1.80 bits per heavy atom. The van der Waals surface area contributed by atoms with Gasteiger partial charge in [-0.25, -0.2) is 23.6 Å². The van der Waals surface area contributed by atoms with E-state index in [-0.39, 0.29) is 16.6 Å². The van der Waals surface area contributed by atoms with E-state index in [0.717, 1.165) is 6.07 Å².